The maximum absolute atomic E-state index is 13.8. The van der Waals surface area contributed by atoms with Crippen LogP contribution in [-0.4, -0.2) is 36.7 Å². The summed E-state index contributed by atoms with van der Waals surface area (Å²) >= 11 is 0. The number of aromatic amines is 1. The van der Waals surface area contributed by atoms with Crippen LogP contribution >= 0.6 is 0 Å². The van der Waals surface area contributed by atoms with Gasteiger partial charge in [0.25, 0.3) is 0 Å². The highest BCUT2D eigenvalue weighted by Crippen LogP contribution is 2.31. The molecule has 1 heterocycles. The first-order valence-corrected chi connectivity index (χ1v) is 10.4. The molecule has 4 rings (SSSR count). The SMILES string of the molecule is COc1cc(NC(C(=O)c2c[nH]c3cc(CCO)ccc23)c2ccccc2)cc(OC)c1. The molecule has 1 aromatic heterocycles. The van der Waals surface area contributed by atoms with Crippen molar-refractivity contribution >= 4 is 22.4 Å². The van der Waals surface area contributed by atoms with Crippen LogP contribution in [-0.2, 0) is 6.42 Å². The van der Waals surface area contributed by atoms with Gasteiger partial charge in [-0.3, -0.25) is 4.79 Å². The number of anilines is 1. The minimum absolute atomic E-state index is 0.0563. The topological polar surface area (TPSA) is 83.6 Å². The van der Waals surface area contributed by atoms with Crippen LogP contribution in [0, 0.1) is 0 Å². The lowest BCUT2D eigenvalue weighted by Gasteiger charge is -2.20. The molecule has 6 nitrogen and oxygen atoms in total. The van der Waals surface area contributed by atoms with Crippen LogP contribution in [0.3, 0.4) is 0 Å². The number of hydrogen-bond acceptors (Lipinski definition) is 5. The first kappa shape index (κ1) is 21.5. The lowest BCUT2D eigenvalue weighted by Crippen LogP contribution is -2.21. The van der Waals surface area contributed by atoms with Crippen molar-refractivity contribution in [1.29, 1.82) is 0 Å². The highest BCUT2D eigenvalue weighted by molar-refractivity contribution is 6.11. The Kier molecular flexibility index (Phi) is 6.42. The Labute approximate surface area is 186 Å². The zero-order valence-electron chi connectivity index (χ0n) is 18.1. The van der Waals surface area contributed by atoms with Crippen molar-refractivity contribution in [2.24, 2.45) is 0 Å². The summed E-state index contributed by atoms with van der Waals surface area (Å²) in [6, 6.07) is 20.3. The number of aliphatic hydroxyl groups is 1. The van der Waals surface area contributed by atoms with Gasteiger partial charge in [0.05, 0.1) is 14.2 Å². The number of aliphatic hydroxyl groups excluding tert-OH is 1. The number of Topliss-reactive ketones (excluding diaryl/α,β-unsaturated/α-hetero) is 1. The number of methoxy groups -OCH3 is 2. The predicted molar refractivity (Wildman–Crippen MR) is 126 cm³/mol. The number of benzene rings is 3. The number of rotatable bonds is 9. The number of aromatic nitrogens is 1. The second-order valence-corrected chi connectivity index (χ2v) is 7.51. The molecular weight excluding hydrogens is 404 g/mol. The summed E-state index contributed by atoms with van der Waals surface area (Å²) in [5.74, 6) is 1.21. The summed E-state index contributed by atoms with van der Waals surface area (Å²) in [5.41, 5.74) is 4.06. The number of nitrogens with one attached hydrogen (secondary N) is 2. The van der Waals surface area contributed by atoms with Gasteiger partial charge in [0.15, 0.2) is 5.78 Å². The molecule has 1 unspecified atom stereocenters. The molecule has 164 valence electrons. The quantitative estimate of drug-likeness (QED) is 0.334. The zero-order chi connectivity index (χ0) is 22.5. The van der Waals surface area contributed by atoms with Crippen LogP contribution in [0.4, 0.5) is 5.69 Å². The van der Waals surface area contributed by atoms with Crippen LogP contribution in [0.15, 0.2) is 72.9 Å². The molecule has 32 heavy (non-hydrogen) atoms. The molecule has 0 amide bonds. The Morgan fingerprint density at radius 1 is 1.00 bits per heavy atom. The lowest BCUT2D eigenvalue weighted by molar-refractivity contribution is 0.0971. The second kappa shape index (κ2) is 9.58. The summed E-state index contributed by atoms with van der Waals surface area (Å²) < 4.78 is 10.8. The zero-order valence-corrected chi connectivity index (χ0v) is 18.1. The highest BCUT2D eigenvalue weighted by atomic mass is 16.5. The van der Waals surface area contributed by atoms with Crippen LogP contribution in [0.5, 0.6) is 11.5 Å². The number of H-pyrrole nitrogens is 1. The van der Waals surface area contributed by atoms with Gasteiger partial charge in [0, 0.05) is 53.2 Å². The van der Waals surface area contributed by atoms with E-state index in [0.29, 0.717) is 29.2 Å². The molecular formula is C26H26N2O4. The largest absolute Gasteiger partial charge is 0.497 e. The van der Waals surface area contributed by atoms with E-state index < -0.39 is 6.04 Å². The number of fused-ring (bicyclic) bond motifs is 1. The number of carbonyl (C=O) groups is 1. The van der Waals surface area contributed by atoms with Crippen molar-refractivity contribution in [3.63, 3.8) is 0 Å². The molecule has 0 saturated heterocycles. The third kappa shape index (κ3) is 4.45. The van der Waals surface area contributed by atoms with Crippen LogP contribution in [0.25, 0.3) is 10.9 Å². The van der Waals surface area contributed by atoms with Crippen molar-refractivity contribution in [2.45, 2.75) is 12.5 Å². The van der Waals surface area contributed by atoms with E-state index in [2.05, 4.69) is 10.3 Å². The van der Waals surface area contributed by atoms with Gasteiger partial charge in [-0.25, -0.2) is 0 Å². The fourth-order valence-electron chi connectivity index (χ4n) is 3.82. The molecule has 3 aromatic carbocycles. The summed E-state index contributed by atoms with van der Waals surface area (Å²) in [6.07, 6.45) is 2.32. The van der Waals surface area contributed by atoms with E-state index in [-0.39, 0.29) is 12.4 Å². The fraction of sp³-hybridized carbons (Fsp3) is 0.192. The minimum atomic E-state index is -0.607. The van der Waals surface area contributed by atoms with E-state index in [0.717, 1.165) is 22.0 Å². The third-order valence-corrected chi connectivity index (χ3v) is 5.47. The standard InChI is InChI=1S/C26H26N2O4/c1-31-20-13-19(14-21(15-20)32-2)28-25(18-6-4-3-5-7-18)26(30)23-16-27-24-12-17(10-11-29)8-9-22(23)24/h3-9,12-16,25,27-29H,10-11H2,1-2H3. The fourth-order valence-corrected chi connectivity index (χ4v) is 3.82. The molecule has 1 atom stereocenters. The molecule has 6 heteroatoms. The van der Waals surface area contributed by atoms with Gasteiger partial charge < -0.3 is 24.9 Å². The van der Waals surface area contributed by atoms with Gasteiger partial charge in [-0.15, -0.1) is 0 Å². The first-order chi connectivity index (χ1) is 15.6. The van der Waals surface area contributed by atoms with Gasteiger partial charge in [0.2, 0.25) is 0 Å². The van der Waals surface area contributed by atoms with E-state index in [1.54, 1.807) is 26.5 Å². The average molecular weight is 431 g/mol. The molecule has 0 bridgehead atoms. The predicted octanol–water partition coefficient (Wildman–Crippen LogP) is 4.76. The maximum Gasteiger partial charge on any atom is 0.191 e. The van der Waals surface area contributed by atoms with Crippen molar-refractivity contribution in [3.8, 4) is 11.5 Å². The van der Waals surface area contributed by atoms with E-state index >= 15 is 0 Å². The van der Waals surface area contributed by atoms with E-state index in [9.17, 15) is 9.90 Å². The van der Waals surface area contributed by atoms with Gasteiger partial charge in [-0.2, -0.15) is 0 Å². The second-order valence-electron chi connectivity index (χ2n) is 7.51. The molecule has 4 aromatic rings. The number of carbonyl (C=O) groups excluding carboxylic acids is 1. The number of ketones is 1. The van der Waals surface area contributed by atoms with Crippen LogP contribution in [0.2, 0.25) is 0 Å². The molecule has 0 aliphatic rings. The van der Waals surface area contributed by atoms with Gasteiger partial charge in [-0.1, -0.05) is 42.5 Å². The summed E-state index contributed by atoms with van der Waals surface area (Å²) in [4.78, 5) is 17.0. The number of hydrogen-bond donors (Lipinski definition) is 3. The lowest BCUT2D eigenvalue weighted by atomic mass is 9.96. The number of ether oxygens (including phenoxy) is 2. The monoisotopic (exact) mass is 430 g/mol. The highest BCUT2D eigenvalue weighted by Gasteiger charge is 2.25. The Morgan fingerprint density at radius 3 is 2.38 bits per heavy atom. The Hall–Kier alpha value is -3.77. The Bertz CT molecular complexity index is 1190. The Morgan fingerprint density at radius 2 is 1.72 bits per heavy atom. The molecule has 3 N–H and O–H groups in total. The van der Waals surface area contributed by atoms with Gasteiger partial charge >= 0.3 is 0 Å². The summed E-state index contributed by atoms with van der Waals surface area (Å²) in [6.45, 7) is 0.0853. The van der Waals surface area contributed by atoms with Crippen LogP contribution in [0.1, 0.15) is 27.5 Å². The molecule has 0 spiro atoms. The molecule has 0 radical (unpaired) electrons. The van der Waals surface area contributed by atoms with Crippen LogP contribution < -0.4 is 14.8 Å². The van der Waals surface area contributed by atoms with Crippen molar-refractivity contribution in [2.75, 3.05) is 26.1 Å². The molecule has 0 saturated carbocycles. The van der Waals surface area contributed by atoms with Crippen molar-refractivity contribution in [3.05, 3.63) is 89.6 Å². The molecule has 0 aliphatic carbocycles. The van der Waals surface area contributed by atoms with E-state index in [4.69, 9.17) is 9.47 Å². The third-order valence-electron chi connectivity index (χ3n) is 5.47. The summed E-state index contributed by atoms with van der Waals surface area (Å²) in [5, 5.41) is 13.4. The van der Waals surface area contributed by atoms with Gasteiger partial charge in [-0.05, 0) is 23.6 Å². The smallest absolute Gasteiger partial charge is 0.191 e. The van der Waals surface area contributed by atoms with Crippen molar-refractivity contribution < 1.29 is 19.4 Å². The molecule has 0 aliphatic heterocycles. The summed E-state index contributed by atoms with van der Waals surface area (Å²) in [7, 11) is 3.19. The maximum atomic E-state index is 13.8. The van der Waals surface area contributed by atoms with Crippen molar-refractivity contribution in [1.82, 2.24) is 4.98 Å². The first-order valence-electron chi connectivity index (χ1n) is 10.4. The molecule has 0 fully saturated rings. The van der Waals surface area contributed by atoms with Gasteiger partial charge in [0.1, 0.15) is 17.5 Å². The van der Waals surface area contributed by atoms with E-state index in [1.807, 2.05) is 60.7 Å². The van der Waals surface area contributed by atoms with E-state index in [1.165, 1.54) is 0 Å². The average Bonchev–Trinajstić information content (AvgIpc) is 3.26. The normalized spacial score (nSPS) is 11.8. The minimum Gasteiger partial charge on any atom is -0.497 e. The Balaban J connectivity index is 1.73.